The largest absolute Gasteiger partial charge is 0.445 e. The van der Waals surface area contributed by atoms with Crippen molar-refractivity contribution in [1.29, 1.82) is 0 Å². The molecule has 0 fully saturated rings. The zero-order chi connectivity index (χ0) is 50.4. The summed E-state index contributed by atoms with van der Waals surface area (Å²) in [5, 5.41) is 20.1. The van der Waals surface area contributed by atoms with E-state index in [9.17, 15) is 28.8 Å². The molecule has 0 radical (unpaired) electrons. The average molecular weight is 980 g/mol. The van der Waals surface area contributed by atoms with Gasteiger partial charge in [-0.05, 0) is 86.7 Å². The van der Waals surface area contributed by atoms with Gasteiger partial charge in [0.2, 0.25) is 11.8 Å². The minimum absolute atomic E-state index is 0.0739. The van der Waals surface area contributed by atoms with Crippen LogP contribution in [0.25, 0.3) is 0 Å². The van der Waals surface area contributed by atoms with Crippen LogP contribution in [-0.2, 0) is 55.0 Å². The molecule has 0 aliphatic rings. The summed E-state index contributed by atoms with van der Waals surface area (Å²) in [6.07, 6.45) is 6.39. The SMILES string of the molecule is O=C(NCCC[C@H](NC(=O)OCc1ccccc1)C(=O)NCCCCCCNCCCCCCNC(=O)[C@H](CCCNC(=O)OCc1ccccc1)NC(=O)OCc1ccccc1)OCc1ccccc1. The van der Waals surface area contributed by atoms with E-state index in [0.29, 0.717) is 38.8 Å². The molecule has 0 bridgehead atoms. The van der Waals surface area contributed by atoms with E-state index in [1.54, 1.807) is 0 Å². The average Bonchev–Trinajstić information content (AvgIpc) is 3.40. The van der Waals surface area contributed by atoms with Crippen molar-refractivity contribution in [3.63, 3.8) is 0 Å². The zero-order valence-corrected chi connectivity index (χ0v) is 40.8. The fraction of sp³-hybridized carbons (Fsp3) is 0.444. The fourth-order valence-electron chi connectivity index (χ4n) is 7.14. The molecule has 0 heterocycles. The molecule has 17 nitrogen and oxygen atoms in total. The summed E-state index contributed by atoms with van der Waals surface area (Å²) < 4.78 is 21.2. The summed E-state index contributed by atoms with van der Waals surface area (Å²) >= 11 is 0. The highest BCUT2D eigenvalue weighted by Crippen LogP contribution is 2.08. The first-order valence-corrected chi connectivity index (χ1v) is 24.8. The summed E-state index contributed by atoms with van der Waals surface area (Å²) in [5.41, 5.74) is 3.41. The molecule has 4 rings (SSSR count). The molecule has 0 aliphatic heterocycles. The molecule has 17 heteroatoms. The first-order valence-electron chi connectivity index (χ1n) is 24.8. The molecule has 7 N–H and O–H groups in total. The Hall–Kier alpha value is -7.14. The number of amides is 6. The lowest BCUT2D eigenvalue weighted by molar-refractivity contribution is -0.124. The van der Waals surface area contributed by atoms with Crippen molar-refractivity contribution in [1.82, 2.24) is 37.2 Å². The van der Waals surface area contributed by atoms with Crippen LogP contribution >= 0.6 is 0 Å². The minimum atomic E-state index is -0.837. The number of alkyl carbamates (subject to hydrolysis) is 4. The summed E-state index contributed by atoms with van der Waals surface area (Å²) in [5.74, 6) is -0.619. The van der Waals surface area contributed by atoms with Crippen LogP contribution in [0.3, 0.4) is 0 Å². The quantitative estimate of drug-likeness (QED) is 0.0176. The summed E-state index contributed by atoms with van der Waals surface area (Å²) in [4.78, 5) is 76.0. The van der Waals surface area contributed by atoms with Crippen molar-refractivity contribution in [2.45, 2.75) is 116 Å². The van der Waals surface area contributed by atoms with Gasteiger partial charge in [-0.1, -0.05) is 147 Å². The van der Waals surface area contributed by atoms with Crippen LogP contribution < -0.4 is 37.2 Å². The maximum absolute atomic E-state index is 13.2. The van der Waals surface area contributed by atoms with E-state index < -0.39 is 36.5 Å². The second kappa shape index (κ2) is 35.9. The van der Waals surface area contributed by atoms with Gasteiger partial charge in [0.05, 0.1) is 0 Å². The smallest absolute Gasteiger partial charge is 0.408 e. The number of rotatable bonds is 34. The van der Waals surface area contributed by atoms with Gasteiger partial charge in [0.15, 0.2) is 0 Å². The van der Waals surface area contributed by atoms with Crippen LogP contribution in [-0.4, -0.2) is 87.5 Å². The number of carbonyl (C=O) groups excluding carboxylic acids is 6. The molecule has 71 heavy (non-hydrogen) atoms. The van der Waals surface area contributed by atoms with E-state index in [1.165, 1.54) is 0 Å². The molecule has 384 valence electrons. The van der Waals surface area contributed by atoms with Crippen LogP contribution in [0.4, 0.5) is 19.2 Å². The Balaban J connectivity index is 1.03. The van der Waals surface area contributed by atoms with Crippen LogP contribution in [0.5, 0.6) is 0 Å². The summed E-state index contributed by atoms with van der Waals surface area (Å²) in [6, 6.07) is 35.6. The van der Waals surface area contributed by atoms with E-state index >= 15 is 0 Å². The number of nitrogens with one attached hydrogen (secondary N) is 7. The van der Waals surface area contributed by atoms with Gasteiger partial charge in [-0.15, -0.1) is 0 Å². The van der Waals surface area contributed by atoms with Crippen LogP contribution in [0, 0.1) is 0 Å². The molecule has 2 atom stereocenters. The van der Waals surface area contributed by atoms with Crippen LogP contribution in [0.15, 0.2) is 121 Å². The Kier molecular flexibility index (Phi) is 28.5. The third kappa shape index (κ3) is 27.0. The highest BCUT2D eigenvalue weighted by Gasteiger charge is 2.23. The van der Waals surface area contributed by atoms with Crippen LogP contribution in [0.2, 0.25) is 0 Å². The number of ether oxygens (including phenoxy) is 4. The molecule has 0 unspecified atom stereocenters. The number of carbonyl (C=O) groups is 6. The van der Waals surface area contributed by atoms with E-state index in [2.05, 4.69) is 37.2 Å². The van der Waals surface area contributed by atoms with E-state index in [1.807, 2.05) is 121 Å². The Morgan fingerprint density at radius 2 is 0.606 bits per heavy atom. The molecular weight excluding hydrogens is 907 g/mol. The van der Waals surface area contributed by atoms with Gasteiger partial charge in [-0.2, -0.15) is 0 Å². The van der Waals surface area contributed by atoms with Crippen LogP contribution in [0.1, 0.15) is 99.3 Å². The van der Waals surface area contributed by atoms with E-state index in [4.69, 9.17) is 18.9 Å². The van der Waals surface area contributed by atoms with Crippen molar-refractivity contribution >= 4 is 36.2 Å². The van der Waals surface area contributed by atoms with Gasteiger partial charge < -0.3 is 56.2 Å². The monoisotopic (exact) mass is 980 g/mol. The third-order valence-corrected chi connectivity index (χ3v) is 11.1. The molecule has 4 aromatic rings. The predicted molar refractivity (Wildman–Crippen MR) is 271 cm³/mol. The van der Waals surface area contributed by atoms with Gasteiger partial charge in [0, 0.05) is 26.2 Å². The Bertz CT molecular complexity index is 1950. The van der Waals surface area contributed by atoms with Crippen molar-refractivity contribution in [2.24, 2.45) is 0 Å². The standard InChI is InChI=1S/C54H73N7O10/c62-49(47(60-53(66)70-41-45-27-13-7-14-28-45)31-21-37-58-51(64)68-39-43-23-9-5-10-24-43)56-35-19-3-1-17-33-55-34-18-2-4-20-36-57-50(63)48(61-54(67)71-42-46-29-15-8-16-30-46)32-22-38-59-52(65)69-40-44-25-11-6-12-26-44/h5-16,23-30,47-48,55H,1-4,17-22,31-42H2,(H,56,62)(H,57,63)(H,58,64)(H,59,65)(H,60,66)(H,61,67)/t47-,48-/m0/s1. The molecule has 4 aromatic carbocycles. The summed E-state index contributed by atoms with van der Waals surface area (Å²) in [6.45, 7) is 3.70. The second-order valence-corrected chi connectivity index (χ2v) is 16.9. The third-order valence-electron chi connectivity index (χ3n) is 11.1. The molecule has 0 spiro atoms. The highest BCUT2D eigenvalue weighted by molar-refractivity contribution is 5.86. The number of hydrogen-bond acceptors (Lipinski definition) is 11. The lowest BCUT2D eigenvalue weighted by Crippen LogP contribution is -2.47. The number of benzene rings is 4. The fourth-order valence-corrected chi connectivity index (χ4v) is 7.14. The van der Waals surface area contributed by atoms with Crippen molar-refractivity contribution in [3.8, 4) is 0 Å². The lowest BCUT2D eigenvalue weighted by atomic mass is 10.1. The van der Waals surface area contributed by atoms with Gasteiger partial charge in [0.1, 0.15) is 38.5 Å². The molecule has 0 saturated heterocycles. The zero-order valence-electron chi connectivity index (χ0n) is 40.8. The first-order chi connectivity index (χ1) is 34.7. The van der Waals surface area contributed by atoms with Crippen molar-refractivity contribution in [2.75, 3.05) is 39.3 Å². The number of unbranched alkanes of at least 4 members (excludes halogenated alkanes) is 6. The Labute approximate surface area is 418 Å². The topological polar surface area (TPSA) is 224 Å². The molecular formula is C54H73N7O10. The highest BCUT2D eigenvalue weighted by atomic mass is 16.6. The Morgan fingerprint density at radius 1 is 0.324 bits per heavy atom. The van der Waals surface area contributed by atoms with E-state index in [-0.39, 0.29) is 51.3 Å². The van der Waals surface area contributed by atoms with Gasteiger partial charge >= 0.3 is 24.4 Å². The van der Waals surface area contributed by atoms with E-state index in [0.717, 1.165) is 86.7 Å². The van der Waals surface area contributed by atoms with Crippen molar-refractivity contribution in [3.05, 3.63) is 144 Å². The number of hydrogen-bond donors (Lipinski definition) is 7. The molecule has 0 aliphatic carbocycles. The molecule has 6 amide bonds. The van der Waals surface area contributed by atoms with Gasteiger partial charge in [0.25, 0.3) is 0 Å². The van der Waals surface area contributed by atoms with Gasteiger partial charge in [-0.3, -0.25) is 9.59 Å². The lowest BCUT2D eigenvalue weighted by Gasteiger charge is -2.18. The minimum Gasteiger partial charge on any atom is -0.445 e. The molecule has 0 aromatic heterocycles. The first kappa shape index (κ1) is 56.4. The summed E-state index contributed by atoms with van der Waals surface area (Å²) in [7, 11) is 0. The second-order valence-electron chi connectivity index (χ2n) is 16.9. The van der Waals surface area contributed by atoms with Gasteiger partial charge in [-0.25, -0.2) is 19.2 Å². The Morgan fingerprint density at radius 3 is 0.930 bits per heavy atom. The normalized spacial score (nSPS) is 11.5. The maximum Gasteiger partial charge on any atom is 0.408 e. The maximum atomic E-state index is 13.2. The van der Waals surface area contributed by atoms with Crippen molar-refractivity contribution < 1.29 is 47.7 Å². The predicted octanol–water partition coefficient (Wildman–Crippen LogP) is 7.93. The molecule has 0 saturated carbocycles.